The van der Waals surface area contributed by atoms with Crippen LogP contribution in [0.25, 0.3) is 22.2 Å². The summed E-state index contributed by atoms with van der Waals surface area (Å²) in [7, 11) is 0. The van der Waals surface area contributed by atoms with Crippen LogP contribution in [0.4, 0.5) is 5.69 Å². The van der Waals surface area contributed by atoms with Crippen LogP contribution in [-0.4, -0.2) is 4.57 Å². The number of anilines is 1. The lowest BCUT2D eigenvalue weighted by molar-refractivity contribution is 0.433. The highest BCUT2D eigenvalue weighted by atomic mass is 15.0. The molecule has 1 N–H and O–H groups in total. The third kappa shape index (κ3) is 5.05. The van der Waals surface area contributed by atoms with Crippen molar-refractivity contribution in [3.63, 3.8) is 0 Å². The van der Waals surface area contributed by atoms with E-state index in [4.69, 9.17) is 0 Å². The van der Waals surface area contributed by atoms with Gasteiger partial charge in [0, 0.05) is 28.2 Å². The van der Waals surface area contributed by atoms with Crippen LogP contribution >= 0.6 is 0 Å². The molecule has 4 aromatic rings. The lowest BCUT2D eigenvalue weighted by Gasteiger charge is -2.31. The van der Waals surface area contributed by atoms with Crippen LogP contribution in [0.2, 0.25) is 0 Å². The van der Waals surface area contributed by atoms with Gasteiger partial charge in [0.15, 0.2) is 0 Å². The van der Waals surface area contributed by atoms with Crippen molar-refractivity contribution in [2.75, 3.05) is 5.32 Å². The highest BCUT2D eigenvalue weighted by Crippen LogP contribution is 2.48. The van der Waals surface area contributed by atoms with E-state index in [1.165, 1.54) is 88.9 Å². The van der Waals surface area contributed by atoms with Crippen LogP contribution in [-0.2, 0) is 5.41 Å². The van der Waals surface area contributed by atoms with E-state index >= 15 is 0 Å². The normalized spacial score (nSPS) is 22.2. The molecule has 41 heavy (non-hydrogen) atoms. The number of nitrogens with one attached hydrogen (secondary N) is 1. The van der Waals surface area contributed by atoms with Crippen molar-refractivity contribution in [3.8, 4) is 5.69 Å². The first-order chi connectivity index (χ1) is 19.6. The van der Waals surface area contributed by atoms with Crippen molar-refractivity contribution in [2.24, 2.45) is 11.3 Å². The Bertz CT molecular complexity index is 1600. The van der Waals surface area contributed by atoms with E-state index in [9.17, 15) is 0 Å². The first kappa shape index (κ1) is 27.9. The van der Waals surface area contributed by atoms with E-state index in [1.807, 2.05) is 0 Å². The number of aryl methyl sites for hydroxylation is 1. The van der Waals surface area contributed by atoms with Crippen LogP contribution in [0.5, 0.6) is 0 Å². The first-order valence-electron chi connectivity index (χ1n) is 15.9. The van der Waals surface area contributed by atoms with Gasteiger partial charge in [-0.2, -0.15) is 0 Å². The standard InChI is InChI=1S/C39H48N2/c1-26-20-21-33-32(24-26)35-37(28(3)15-13-23-39(35,6)7)41(33)31-19-11-18-30(25-31)40-36-27(2)14-12-22-38(4,5)34(36)29-16-9-8-10-17-29/h8-11,16-21,24-25,27-28,40H,12-15,22-23H2,1-7H3. The molecule has 0 radical (unpaired) electrons. The molecule has 3 aromatic carbocycles. The van der Waals surface area contributed by atoms with E-state index in [2.05, 4.69) is 131 Å². The van der Waals surface area contributed by atoms with Gasteiger partial charge >= 0.3 is 0 Å². The summed E-state index contributed by atoms with van der Waals surface area (Å²) in [6, 6.07) is 27.3. The third-order valence-corrected chi connectivity index (χ3v) is 10.1. The van der Waals surface area contributed by atoms with Crippen LogP contribution in [0.3, 0.4) is 0 Å². The Hall–Kier alpha value is -3.26. The van der Waals surface area contributed by atoms with Gasteiger partial charge < -0.3 is 9.88 Å². The number of hydrogen-bond donors (Lipinski definition) is 1. The highest BCUT2D eigenvalue weighted by Gasteiger charge is 2.35. The van der Waals surface area contributed by atoms with Gasteiger partial charge in [-0.15, -0.1) is 0 Å². The fourth-order valence-corrected chi connectivity index (χ4v) is 7.94. The summed E-state index contributed by atoms with van der Waals surface area (Å²) in [5, 5.41) is 5.46. The highest BCUT2D eigenvalue weighted by molar-refractivity contribution is 5.90. The Morgan fingerprint density at radius 1 is 0.756 bits per heavy atom. The van der Waals surface area contributed by atoms with Crippen molar-refractivity contribution in [2.45, 2.75) is 98.3 Å². The Balaban J connectivity index is 1.53. The molecule has 0 bridgehead atoms. The first-order valence-corrected chi connectivity index (χ1v) is 15.9. The number of rotatable bonds is 4. The predicted molar refractivity (Wildman–Crippen MR) is 177 cm³/mol. The molecule has 2 atom stereocenters. The molecule has 2 aliphatic rings. The molecule has 2 heteroatoms. The van der Waals surface area contributed by atoms with Crippen LogP contribution in [0, 0.1) is 18.3 Å². The van der Waals surface area contributed by atoms with Gasteiger partial charge in [-0.1, -0.05) is 102 Å². The lowest BCUT2D eigenvalue weighted by Crippen LogP contribution is -2.19. The third-order valence-electron chi connectivity index (χ3n) is 10.1. The summed E-state index contributed by atoms with van der Waals surface area (Å²) in [6.45, 7) is 16.9. The number of aromatic nitrogens is 1. The predicted octanol–water partition coefficient (Wildman–Crippen LogP) is 11.2. The van der Waals surface area contributed by atoms with Gasteiger partial charge in [0.25, 0.3) is 0 Å². The largest absolute Gasteiger partial charge is 0.358 e. The molecule has 1 heterocycles. The number of nitrogens with zero attached hydrogens (tertiary/aromatic N) is 1. The Morgan fingerprint density at radius 2 is 1.46 bits per heavy atom. The Morgan fingerprint density at radius 3 is 2.22 bits per heavy atom. The van der Waals surface area contributed by atoms with Crippen molar-refractivity contribution in [1.29, 1.82) is 0 Å². The molecule has 0 amide bonds. The molecule has 0 aliphatic heterocycles. The van der Waals surface area contributed by atoms with Crippen LogP contribution in [0.1, 0.15) is 108 Å². The van der Waals surface area contributed by atoms with Gasteiger partial charge in [-0.3, -0.25) is 0 Å². The minimum absolute atomic E-state index is 0.110. The molecule has 2 nitrogen and oxygen atoms in total. The molecule has 0 fully saturated rings. The molecular weight excluding hydrogens is 496 g/mol. The summed E-state index contributed by atoms with van der Waals surface area (Å²) in [6.07, 6.45) is 7.43. The molecule has 0 saturated carbocycles. The molecular formula is C39H48N2. The van der Waals surface area contributed by atoms with Gasteiger partial charge in [0.2, 0.25) is 0 Å². The monoisotopic (exact) mass is 544 g/mol. The zero-order valence-electron chi connectivity index (χ0n) is 26.3. The topological polar surface area (TPSA) is 17.0 Å². The Kier molecular flexibility index (Phi) is 7.17. The van der Waals surface area contributed by atoms with Gasteiger partial charge in [0.05, 0.1) is 5.52 Å². The summed E-state index contributed by atoms with van der Waals surface area (Å²) < 4.78 is 2.60. The lowest BCUT2D eigenvalue weighted by atomic mass is 9.76. The number of fused-ring (bicyclic) bond motifs is 3. The van der Waals surface area contributed by atoms with Gasteiger partial charge in [-0.25, -0.2) is 0 Å². The average molecular weight is 545 g/mol. The Labute approximate surface area is 247 Å². The maximum absolute atomic E-state index is 4.02. The zero-order chi connectivity index (χ0) is 28.9. The van der Waals surface area contributed by atoms with E-state index < -0.39 is 0 Å². The summed E-state index contributed by atoms with van der Waals surface area (Å²) >= 11 is 0. The summed E-state index contributed by atoms with van der Waals surface area (Å²) in [5.41, 5.74) is 12.7. The van der Waals surface area contributed by atoms with Crippen LogP contribution < -0.4 is 5.32 Å². The van der Waals surface area contributed by atoms with Crippen LogP contribution in [0.15, 0.2) is 78.5 Å². The van der Waals surface area contributed by atoms with E-state index in [0.29, 0.717) is 11.8 Å². The summed E-state index contributed by atoms with van der Waals surface area (Å²) in [4.78, 5) is 0. The fraction of sp³-hybridized carbons (Fsp3) is 0.436. The molecule has 214 valence electrons. The van der Waals surface area contributed by atoms with E-state index in [0.717, 1.165) is 0 Å². The molecule has 0 saturated heterocycles. The maximum atomic E-state index is 4.02. The van der Waals surface area contributed by atoms with E-state index in [1.54, 1.807) is 5.56 Å². The van der Waals surface area contributed by atoms with Crippen molar-refractivity contribution in [3.05, 3.63) is 101 Å². The van der Waals surface area contributed by atoms with Crippen molar-refractivity contribution in [1.82, 2.24) is 4.57 Å². The average Bonchev–Trinajstić information content (AvgIpc) is 3.16. The second-order valence-corrected chi connectivity index (χ2v) is 14.3. The second kappa shape index (κ2) is 10.5. The number of hydrogen-bond acceptors (Lipinski definition) is 1. The minimum atomic E-state index is 0.110. The molecule has 1 aromatic heterocycles. The minimum Gasteiger partial charge on any atom is -0.358 e. The molecule has 0 spiro atoms. The van der Waals surface area contributed by atoms with Crippen molar-refractivity contribution < 1.29 is 0 Å². The molecule has 2 unspecified atom stereocenters. The van der Waals surface area contributed by atoms with Gasteiger partial charge in [0.1, 0.15) is 0 Å². The fourth-order valence-electron chi connectivity index (χ4n) is 7.94. The number of allylic oxidation sites excluding steroid dienone is 2. The van der Waals surface area contributed by atoms with E-state index in [-0.39, 0.29) is 10.8 Å². The summed E-state index contributed by atoms with van der Waals surface area (Å²) in [5.74, 6) is 0.995. The molecule has 6 rings (SSSR count). The zero-order valence-corrected chi connectivity index (χ0v) is 26.3. The molecule has 2 aliphatic carbocycles. The van der Waals surface area contributed by atoms with Crippen molar-refractivity contribution >= 4 is 22.2 Å². The van der Waals surface area contributed by atoms with Gasteiger partial charge in [-0.05, 0) is 102 Å². The number of benzene rings is 3. The quantitative estimate of drug-likeness (QED) is 0.253. The second-order valence-electron chi connectivity index (χ2n) is 14.3. The smallest absolute Gasteiger partial charge is 0.0534 e. The maximum Gasteiger partial charge on any atom is 0.0534 e. The SMILES string of the molecule is Cc1ccc2c(c1)c1c(n2-c2cccc(NC3=C(c4ccccc4)C(C)(C)CCCC3C)c2)C(C)CCCC1(C)C.